The smallest absolute Gasteiger partial charge is 0.245 e. The highest BCUT2D eigenvalue weighted by molar-refractivity contribution is 5.98. The number of nitrogens with zero attached hydrogens (tertiary/aromatic N) is 3. The molecule has 0 saturated heterocycles. The minimum atomic E-state index is -0.761. The highest BCUT2D eigenvalue weighted by Gasteiger charge is 2.25. The van der Waals surface area contributed by atoms with E-state index in [1.807, 2.05) is 12.1 Å². The Hall–Kier alpha value is -4.28. The summed E-state index contributed by atoms with van der Waals surface area (Å²) in [4.78, 5) is 34.4. The zero-order chi connectivity index (χ0) is 28.5. The van der Waals surface area contributed by atoms with Gasteiger partial charge in [-0.1, -0.05) is 67.6 Å². The molecule has 4 rings (SSSR count). The molecule has 3 aromatic rings. The first-order valence-corrected chi connectivity index (χ1v) is 13.4. The quantitative estimate of drug-likeness (QED) is 0.257. The third-order valence-electron chi connectivity index (χ3n) is 6.93. The van der Waals surface area contributed by atoms with Gasteiger partial charge in [-0.3, -0.25) is 14.9 Å². The van der Waals surface area contributed by atoms with Crippen LogP contribution in [-0.2, 0) is 22.6 Å². The van der Waals surface area contributed by atoms with Gasteiger partial charge >= 0.3 is 0 Å². The molecule has 1 aliphatic rings. The maximum Gasteiger partial charge on any atom is 0.245 e. The number of guanidine groups is 1. The van der Waals surface area contributed by atoms with E-state index in [1.54, 1.807) is 31.2 Å². The van der Waals surface area contributed by atoms with Gasteiger partial charge in [0.15, 0.2) is 17.5 Å². The zero-order valence-electron chi connectivity index (χ0n) is 22.8. The second-order valence-corrected chi connectivity index (χ2v) is 10.0. The van der Waals surface area contributed by atoms with Gasteiger partial charge in [-0.05, 0) is 35.6 Å². The van der Waals surface area contributed by atoms with Crippen LogP contribution in [0.3, 0.4) is 0 Å². The third kappa shape index (κ3) is 8.11. The number of carbonyl (C=O) groups is 2. The standard InChI is InChI=1S/C29H35FN6O4/c1-18-33-27(36-40-18)22-11-8-20(9-12-22)16-26(37)35-29(31)34-24(14-19-6-4-3-5-7-19)28(38)32-17-21-10-13-23(30)25(15-21)39-2/h8-13,15,19,24H,3-7,14,16-17H2,1-2H3,(H,32,38)(H3,31,34,35,37). The van der Waals surface area contributed by atoms with Crippen molar-refractivity contribution in [3.8, 4) is 17.1 Å². The number of hydrogen-bond acceptors (Lipinski definition) is 7. The molecule has 4 N–H and O–H groups in total. The van der Waals surface area contributed by atoms with Gasteiger partial charge in [-0.2, -0.15) is 4.98 Å². The monoisotopic (exact) mass is 550 g/mol. The van der Waals surface area contributed by atoms with Crippen molar-refractivity contribution >= 4 is 17.8 Å². The Morgan fingerprint density at radius 2 is 1.88 bits per heavy atom. The number of aryl methyl sites for hydroxylation is 1. The first kappa shape index (κ1) is 28.7. The molecule has 1 heterocycles. The average Bonchev–Trinajstić information content (AvgIpc) is 3.39. The van der Waals surface area contributed by atoms with Crippen LogP contribution >= 0.6 is 0 Å². The van der Waals surface area contributed by atoms with E-state index in [1.165, 1.54) is 19.6 Å². The first-order valence-electron chi connectivity index (χ1n) is 13.4. The molecule has 1 aromatic heterocycles. The second-order valence-electron chi connectivity index (χ2n) is 10.0. The van der Waals surface area contributed by atoms with E-state index < -0.39 is 11.9 Å². The molecule has 40 heavy (non-hydrogen) atoms. The summed E-state index contributed by atoms with van der Waals surface area (Å²) < 4.78 is 23.8. The summed E-state index contributed by atoms with van der Waals surface area (Å²) in [5.41, 5.74) is 8.32. The number of methoxy groups -OCH3 is 1. The van der Waals surface area contributed by atoms with Crippen LogP contribution in [0.4, 0.5) is 4.39 Å². The molecule has 2 amide bonds. The molecule has 2 aromatic carbocycles. The van der Waals surface area contributed by atoms with Crippen LogP contribution in [0.15, 0.2) is 52.0 Å². The third-order valence-corrected chi connectivity index (χ3v) is 6.93. The summed E-state index contributed by atoms with van der Waals surface area (Å²) in [5.74, 6) is 0.171. The predicted octanol–water partition coefficient (Wildman–Crippen LogP) is 3.82. The van der Waals surface area contributed by atoms with Gasteiger partial charge in [-0.15, -0.1) is 0 Å². The summed E-state index contributed by atoms with van der Waals surface area (Å²) in [5, 5.41) is 9.37. The van der Waals surface area contributed by atoms with Crippen LogP contribution in [0.25, 0.3) is 11.4 Å². The van der Waals surface area contributed by atoms with Crippen molar-refractivity contribution in [3.05, 3.63) is 65.3 Å². The van der Waals surface area contributed by atoms with Crippen molar-refractivity contribution in [2.24, 2.45) is 16.6 Å². The van der Waals surface area contributed by atoms with Crippen LogP contribution in [0.5, 0.6) is 5.75 Å². The SMILES string of the molecule is COc1cc(CNC(=O)C(CC2CCCCC2)N=C(N)NC(=O)Cc2ccc(-c3noc(C)n3)cc2)ccc1F. The van der Waals surface area contributed by atoms with Crippen LogP contribution < -0.4 is 21.1 Å². The highest BCUT2D eigenvalue weighted by Crippen LogP contribution is 2.28. The Balaban J connectivity index is 1.38. The number of aliphatic imine (C=N–C) groups is 1. The molecule has 1 atom stereocenters. The Morgan fingerprint density at radius 1 is 1.15 bits per heavy atom. The summed E-state index contributed by atoms with van der Waals surface area (Å²) in [6, 6.07) is 10.9. The topological polar surface area (TPSA) is 145 Å². The lowest BCUT2D eigenvalue weighted by Gasteiger charge is -2.24. The molecule has 11 heteroatoms. The van der Waals surface area contributed by atoms with Gasteiger partial charge in [0.1, 0.15) is 6.04 Å². The number of ether oxygens (including phenoxy) is 1. The molecule has 1 aliphatic carbocycles. The number of hydrogen-bond donors (Lipinski definition) is 3. The number of nitrogens with one attached hydrogen (secondary N) is 2. The highest BCUT2D eigenvalue weighted by atomic mass is 19.1. The van der Waals surface area contributed by atoms with Gasteiger partial charge in [0.25, 0.3) is 0 Å². The van der Waals surface area contributed by atoms with E-state index in [0.717, 1.165) is 36.8 Å². The molecular formula is C29H35FN6O4. The number of carbonyl (C=O) groups excluding carboxylic acids is 2. The number of benzene rings is 2. The van der Waals surface area contributed by atoms with Gasteiger partial charge in [0.2, 0.25) is 23.5 Å². The van der Waals surface area contributed by atoms with Crippen molar-refractivity contribution in [2.75, 3.05) is 7.11 Å². The van der Waals surface area contributed by atoms with E-state index in [4.69, 9.17) is 15.0 Å². The number of rotatable bonds is 10. The summed E-state index contributed by atoms with van der Waals surface area (Å²) in [6.45, 7) is 1.89. The summed E-state index contributed by atoms with van der Waals surface area (Å²) in [7, 11) is 1.39. The second kappa shape index (κ2) is 13.7. The Labute approximate surface area is 232 Å². The number of aromatic nitrogens is 2. The molecule has 0 aliphatic heterocycles. The lowest BCUT2D eigenvalue weighted by molar-refractivity contribution is -0.123. The minimum absolute atomic E-state index is 0.0770. The summed E-state index contributed by atoms with van der Waals surface area (Å²) in [6.07, 6.45) is 6.10. The summed E-state index contributed by atoms with van der Waals surface area (Å²) >= 11 is 0. The normalized spacial score (nSPS) is 14.9. The molecule has 1 unspecified atom stereocenters. The van der Waals surface area contributed by atoms with E-state index in [-0.39, 0.29) is 36.5 Å². The Bertz CT molecular complexity index is 1330. The van der Waals surface area contributed by atoms with Crippen LogP contribution in [0.2, 0.25) is 0 Å². The number of amides is 2. The molecular weight excluding hydrogens is 515 g/mol. The molecule has 1 saturated carbocycles. The fourth-order valence-electron chi connectivity index (χ4n) is 4.84. The molecule has 212 valence electrons. The van der Waals surface area contributed by atoms with Crippen LogP contribution in [-0.4, -0.2) is 41.1 Å². The largest absolute Gasteiger partial charge is 0.494 e. The Kier molecular flexibility index (Phi) is 9.82. The lowest BCUT2D eigenvalue weighted by Crippen LogP contribution is -2.42. The van der Waals surface area contributed by atoms with Crippen molar-refractivity contribution < 1.29 is 23.2 Å². The van der Waals surface area contributed by atoms with Crippen LogP contribution in [0.1, 0.15) is 55.5 Å². The van der Waals surface area contributed by atoms with Gasteiger partial charge in [-0.25, -0.2) is 9.38 Å². The number of halogens is 1. The maximum absolute atomic E-state index is 13.7. The van der Waals surface area contributed by atoms with Gasteiger partial charge < -0.3 is 20.3 Å². The minimum Gasteiger partial charge on any atom is -0.494 e. The van der Waals surface area contributed by atoms with Crippen molar-refractivity contribution in [1.29, 1.82) is 0 Å². The fraction of sp³-hybridized carbons (Fsp3) is 0.414. The van der Waals surface area contributed by atoms with Gasteiger partial charge in [0.05, 0.1) is 13.5 Å². The van der Waals surface area contributed by atoms with Crippen molar-refractivity contribution in [1.82, 2.24) is 20.8 Å². The van der Waals surface area contributed by atoms with Gasteiger partial charge in [0, 0.05) is 19.0 Å². The van der Waals surface area contributed by atoms with E-state index in [9.17, 15) is 14.0 Å². The molecule has 0 radical (unpaired) electrons. The van der Waals surface area contributed by atoms with Crippen LogP contribution in [0, 0.1) is 18.7 Å². The van der Waals surface area contributed by atoms with E-state index in [0.29, 0.717) is 29.6 Å². The van der Waals surface area contributed by atoms with E-state index >= 15 is 0 Å². The lowest BCUT2D eigenvalue weighted by atomic mass is 9.84. The average molecular weight is 551 g/mol. The molecule has 1 fully saturated rings. The fourth-order valence-corrected chi connectivity index (χ4v) is 4.84. The first-order chi connectivity index (χ1) is 19.3. The van der Waals surface area contributed by atoms with Crippen molar-refractivity contribution in [3.63, 3.8) is 0 Å². The maximum atomic E-state index is 13.7. The predicted molar refractivity (Wildman–Crippen MR) is 148 cm³/mol. The van der Waals surface area contributed by atoms with E-state index in [2.05, 4.69) is 25.8 Å². The molecule has 0 spiro atoms. The molecule has 10 nitrogen and oxygen atoms in total. The van der Waals surface area contributed by atoms with Crippen molar-refractivity contribution in [2.45, 2.75) is 64.5 Å². The zero-order valence-corrected chi connectivity index (χ0v) is 22.8. The number of nitrogens with two attached hydrogens (primary N) is 1. The Morgan fingerprint density at radius 3 is 2.55 bits per heavy atom. The molecule has 0 bridgehead atoms.